The maximum atomic E-state index is 5.26. The van der Waals surface area contributed by atoms with Crippen molar-refractivity contribution in [2.75, 3.05) is 20.8 Å². The Morgan fingerprint density at radius 3 is 2.33 bits per heavy atom. The number of benzene rings is 2. The van der Waals surface area contributed by atoms with E-state index in [2.05, 4.69) is 36.5 Å². The second-order valence-electron chi connectivity index (χ2n) is 5.05. The number of methoxy groups -OCH3 is 2. The number of hydrogen-bond acceptors (Lipinski definition) is 3. The Morgan fingerprint density at radius 1 is 0.952 bits per heavy atom. The molecule has 0 radical (unpaired) electrons. The minimum Gasteiger partial charge on any atom is -0.497 e. The predicted octanol–water partition coefficient (Wildman–Crippen LogP) is 3.60. The maximum Gasteiger partial charge on any atom is 0.119 e. The van der Waals surface area contributed by atoms with Crippen LogP contribution in [0.4, 0.5) is 0 Å². The average molecular weight is 285 g/mol. The Labute approximate surface area is 126 Å². The number of ether oxygens (including phenoxy) is 2. The van der Waals surface area contributed by atoms with Crippen molar-refractivity contribution in [2.45, 2.75) is 19.4 Å². The minimum absolute atomic E-state index is 0.304. The zero-order valence-corrected chi connectivity index (χ0v) is 12.9. The third-order valence-corrected chi connectivity index (χ3v) is 3.62. The van der Waals surface area contributed by atoms with Gasteiger partial charge in [-0.1, -0.05) is 24.3 Å². The zero-order chi connectivity index (χ0) is 15.1. The van der Waals surface area contributed by atoms with Crippen LogP contribution < -0.4 is 14.8 Å². The molecule has 0 heterocycles. The van der Waals surface area contributed by atoms with E-state index in [1.54, 1.807) is 14.2 Å². The fourth-order valence-electron chi connectivity index (χ4n) is 2.25. The highest BCUT2D eigenvalue weighted by atomic mass is 16.5. The molecule has 0 fully saturated rings. The highest BCUT2D eigenvalue weighted by molar-refractivity contribution is 5.30. The molecule has 3 heteroatoms. The van der Waals surface area contributed by atoms with Gasteiger partial charge in [-0.3, -0.25) is 0 Å². The van der Waals surface area contributed by atoms with E-state index in [1.165, 1.54) is 11.1 Å². The maximum absolute atomic E-state index is 5.26. The summed E-state index contributed by atoms with van der Waals surface area (Å²) >= 11 is 0. The smallest absolute Gasteiger partial charge is 0.119 e. The van der Waals surface area contributed by atoms with Crippen LogP contribution in [0.15, 0.2) is 48.5 Å². The van der Waals surface area contributed by atoms with Crippen LogP contribution in [0, 0.1) is 0 Å². The number of hydrogen-bond donors (Lipinski definition) is 1. The van der Waals surface area contributed by atoms with Gasteiger partial charge in [0.2, 0.25) is 0 Å². The molecule has 0 aromatic heterocycles. The molecule has 2 rings (SSSR count). The van der Waals surface area contributed by atoms with Crippen molar-refractivity contribution >= 4 is 0 Å². The first-order valence-electron chi connectivity index (χ1n) is 7.23. The molecule has 21 heavy (non-hydrogen) atoms. The van der Waals surface area contributed by atoms with Crippen LogP contribution in [0.2, 0.25) is 0 Å². The van der Waals surface area contributed by atoms with Gasteiger partial charge < -0.3 is 14.8 Å². The molecule has 2 aromatic rings. The summed E-state index contributed by atoms with van der Waals surface area (Å²) in [5, 5.41) is 3.54. The predicted molar refractivity (Wildman–Crippen MR) is 86.1 cm³/mol. The molecular weight excluding hydrogens is 262 g/mol. The largest absolute Gasteiger partial charge is 0.497 e. The van der Waals surface area contributed by atoms with Gasteiger partial charge in [0.1, 0.15) is 11.5 Å². The van der Waals surface area contributed by atoms with Gasteiger partial charge in [0.15, 0.2) is 0 Å². The molecule has 0 unspecified atom stereocenters. The molecule has 112 valence electrons. The standard InChI is InChI=1S/C18H23NO2/c1-14(16-5-4-6-18(13-16)21-3)19-12-11-15-7-9-17(20-2)10-8-15/h4-10,13-14,19H,11-12H2,1-3H3/t14-/m1/s1. The van der Waals surface area contributed by atoms with Crippen LogP contribution in [0.25, 0.3) is 0 Å². The van der Waals surface area contributed by atoms with Gasteiger partial charge in [0.25, 0.3) is 0 Å². The first-order valence-corrected chi connectivity index (χ1v) is 7.23. The topological polar surface area (TPSA) is 30.5 Å². The van der Waals surface area contributed by atoms with Crippen molar-refractivity contribution in [1.29, 1.82) is 0 Å². The summed E-state index contributed by atoms with van der Waals surface area (Å²) < 4.78 is 10.4. The van der Waals surface area contributed by atoms with Gasteiger partial charge >= 0.3 is 0 Å². The van der Waals surface area contributed by atoms with Gasteiger partial charge in [-0.15, -0.1) is 0 Å². The van der Waals surface area contributed by atoms with Crippen molar-refractivity contribution in [1.82, 2.24) is 5.32 Å². The lowest BCUT2D eigenvalue weighted by molar-refractivity contribution is 0.413. The highest BCUT2D eigenvalue weighted by Crippen LogP contribution is 2.18. The fourth-order valence-corrected chi connectivity index (χ4v) is 2.25. The first-order chi connectivity index (χ1) is 10.2. The molecule has 1 atom stereocenters. The fraction of sp³-hybridized carbons (Fsp3) is 0.333. The zero-order valence-electron chi connectivity index (χ0n) is 12.9. The van der Waals surface area contributed by atoms with Gasteiger partial charge in [0.05, 0.1) is 14.2 Å². The summed E-state index contributed by atoms with van der Waals surface area (Å²) in [4.78, 5) is 0. The Bertz CT molecular complexity index is 551. The summed E-state index contributed by atoms with van der Waals surface area (Å²) in [7, 11) is 3.38. The van der Waals surface area contributed by atoms with Crippen LogP contribution in [0.5, 0.6) is 11.5 Å². The van der Waals surface area contributed by atoms with Crippen molar-refractivity contribution < 1.29 is 9.47 Å². The molecule has 3 nitrogen and oxygen atoms in total. The SMILES string of the molecule is COc1ccc(CCN[C@H](C)c2cccc(OC)c2)cc1. The summed E-state index contributed by atoms with van der Waals surface area (Å²) in [6.07, 6.45) is 0.998. The Hall–Kier alpha value is -2.00. The molecule has 0 saturated heterocycles. The van der Waals surface area contributed by atoms with Gasteiger partial charge in [-0.25, -0.2) is 0 Å². The van der Waals surface area contributed by atoms with Crippen LogP contribution in [-0.4, -0.2) is 20.8 Å². The molecule has 2 aromatic carbocycles. The van der Waals surface area contributed by atoms with Crippen molar-refractivity contribution in [3.63, 3.8) is 0 Å². The number of rotatable bonds is 7. The van der Waals surface area contributed by atoms with Gasteiger partial charge in [-0.2, -0.15) is 0 Å². The van der Waals surface area contributed by atoms with E-state index < -0.39 is 0 Å². The van der Waals surface area contributed by atoms with Crippen molar-refractivity contribution in [3.8, 4) is 11.5 Å². The lowest BCUT2D eigenvalue weighted by atomic mass is 10.1. The van der Waals surface area contributed by atoms with Crippen LogP contribution in [-0.2, 0) is 6.42 Å². The summed E-state index contributed by atoms with van der Waals surface area (Å²) in [6, 6.07) is 16.7. The molecule has 0 spiro atoms. The van der Waals surface area contributed by atoms with Crippen LogP contribution in [0.3, 0.4) is 0 Å². The molecule has 0 amide bonds. The second-order valence-corrected chi connectivity index (χ2v) is 5.05. The Kier molecular flexibility index (Phi) is 5.64. The van der Waals surface area contributed by atoms with Gasteiger partial charge in [-0.05, 0) is 55.3 Å². The lowest BCUT2D eigenvalue weighted by Gasteiger charge is -2.15. The summed E-state index contributed by atoms with van der Waals surface area (Å²) in [5.74, 6) is 1.80. The van der Waals surface area contributed by atoms with Crippen molar-refractivity contribution in [3.05, 3.63) is 59.7 Å². The Morgan fingerprint density at radius 2 is 1.67 bits per heavy atom. The monoisotopic (exact) mass is 285 g/mol. The van der Waals surface area contributed by atoms with E-state index in [0.29, 0.717) is 6.04 Å². The second kappa shape index (κ2) is 7.70. The van der Waals surface area contributed by atoms with E-state index >= 15 is 0 Å². The van der Waals surface area contributed by atoms with Crippen molar-refractivity contribution in [2.24, 2.45) is 0 Å². The van der Waals surface area contributed by atoms with E-state index in [1.807, 2.05) is 24.3 Å². The van der Waals surface area contributed by atoms with E-state index in [9.17, 15) is 0 Å². The van der Waals surface area contributed by atoms with E-state index in [-0.39, 0.29) is 0 Å². The molecule has 0 bridgehead atoms. The quantitative estimate of drug-likeness (QED) is 0.843. The molecule has 0 aliphatic rings. The number of nitrogens with one attached hydrogen (secondary N) is 1. The molecule has 1 N–H and O–H groups in total. The summed E-state index contributed by atoms with van der Waals surface area (Å²) in [6.45, 7) is 3.10. The van der Waals surface area contributed by atoms with Gasteiger partial charge in [0, 0.05) is 6.04 Å². The summed E-state index contributed by atoms with van der Waals surface area (Å²) in [5.41, 5.74) is 2.55. The first kappa shape index (κ1) is 15.4. The average Bonchev–Trinajstić information content (AvgIpc) is 2.55. The normalized spacial score (nSPS) is 12.0. The van der Waals surface area contributed by atoms with E-state index in [0.717, 1.165) is 24.5 Å². The lowest BCUT2D eigenvalue weighted by Crippen LogP contribution is -2.21. The van der Waals surface area contributed by atoms with Crippen LogP contribution in [0.1, 0.15) is 24.1 Å². The van der Waals surface area contributed by atoms with Crippen LogP contribution >= 0.6 is 0 Å². The van der Waals surface area contributed by atoms with E-state index in [4.69, 9.17) is 9.47 Å². The molecule has 0 aliphatic heterocycles. The third kappa shape index (κ3) is 4.50. The highest BCUT2D eigenvalue weighted by Gasteiger charge is 2.05. The molecule has 0 aliphatic carbocycles. The minimum atomic E-state index is 0.304. The molecule has 0 saturated carbocycles. The Balaban J connectivity index is 1.84. The molecular formula is C18H23NO2. The third-order valence-electron chi connectivity index (χ3n) is 3.62.